The Balaban J connectivity index is 0.903. The van der Waals surface area contributed by atoms with Crippen LogP contribution in [-0.4, -0.2) is 24.3 Å². The van der Waals surface area contributed by atoms with Crippen molar-refractivity contribution in [1.29, 1.82) is 0 Å². The average Bonchev–Trinajstić information content (AvgIpc) is 1.63. The maximum Gasteiger partial charge on any atom is 0.181 e. The van der Waals surface area contributed by atoms with Crippen LogP contribution >= 0.6 is 0 Å². The fourth-order valence-electron chi connectivity index (χ4n) is 13.4. The lowest BCUT2D eigenvalue weighted by atomic mass is 9.84. The zero-order valence-electron chi connectivity index (χ0n) is 49.6. The third-order valence-corrected chi connectivity index (χ3v) is 22.6. The van der Waals surface area contributed by atoms with Gasteiger partial charge in [0.05, 0.1) is 28.1 Å². The van der Waals surface area contributed by atoms with E-state index in [1.54, 1.807) is 0 Å². The first-order valence-corrected chi connectivity index (χ1v) is 31.6. The predicted molar refractivity (Wildman–Crippen MR) is 357 cm³/mol. The molecule has 0 amide bonds. The summed E-state index contributed by atoms with van der Waals surface area (Å²) in [5.74, 6) is 2.39. The molecule has 0 unspecified atom stereocenters. The molecule has 0 spiro atoms. The highest BCUT2D eigenvalue weighted by molar-refractivity contribution is 7.23. The lowest BCUT2D eigenvalue weighted by Gasteiger charge is -2.32. The maximum absolute atomic E-state index is 7.13. The van der Waals surface area contributed by atoms with Crippen LogP contribution in [0.5, 0.6) is 11.5 Å². The summed E-state index contributed by atoms with van der Waals surface area (Å²) in [5.41, 5.74) is 17.9. The van der Waals surface area contributed by atoms with Gasteiger partial charge in [-0.15, -0.1) is 0 Å². The Morgan fingerprint density at radius 3 is 1.71 bits per heavy atom. The summed E-state index contributed by atoms with van der Waals surface area (Å²) < 4.78 is 9.53. The van der Waals surface area contributed by atoms with Crippen LogP contribution < -0.4 is 35.3 Å². The summed E-state index contributed by atoms with van der Waals surface area (Å²) in [4.78, 5) is 10.1. The topological polar surface area (TPSA) is 33.5 Å². The van der Waals surface area contributed by atoms with Crippen molar-refractivity contribution in [2.24, 2.45) is 0 Å². The molecule has 2 aliphatic rings. The number of hydrogen-bond donors (Lipinski definition) is 0. The fourth-order valence-corrected chi connectivity index (χ4v) is 18.8. The van der Waals surface area contributed by atoms with Gasteiger partial charge in [-0.25, -0.2) is 4.98 Å². The average molecular weight is 1110 g/mol. The first-order chi connectivity index (χ1) is 40.6. The molecule has 14 rings (SSSR count). The van der Waals surface area contributed by atoms with E-state index in [1.807, 2.05) is 6.20 Å². The molecule has 6 heteroatoms. The van der Waals surface area contributed by atoms with Crippen LogP contribution in [-0.2, 0) is 16.2 Å². The third-order valence-electron chi connectivity index (χ3n) is 17.7. The Hall–Kier alpha value is -9.23. The summed E-state index contributed by atoms with van der Waals surface area (Å²) in [6.07, 6.45) is 1.97. The summed E-state index contributed by atoms with van der Waals surface area (Å²) in [5, 5.41) is 8.01. The van der Waals surface area contributed by atoms with Gasteiger partial charge in [0.15, 0.2) is 8.07 Å². The Morgan fingerprint density at radius 1 is 0.417 bits per heavy atom. The van der Waals surface area contributed by atoms with E-state index in [-0.39, 0.29) is 16.2 Å². The van der Waals surface area contributed by atoms with Gasteiger partial charge in [-0.2, -0.15) is 0 Å². The summed E-state index contributed by atoms with van der Waals surface area (Å²) in [7, 11) is -2.91. The number of fused-ring (bicyclic) bond motifs is 8. The van der Waals surface area contributed by atoms with Crippen molar-refractivity contribution in [2.45, 2.75) is 78.6 Å². The zero-order chi connectivity index (χ0) is 57.7. The minimum Gasteiger partial charge on any atom is -0.457 e. The lowest BCUT2D eigenvalue weighted by molar-refractivity contribution is 0.483. The van der Waals surface area contributed by atoms with Crippen molar-refractivity contribution in [1.82, 2.24) is 9.55 Å². The molecule has 0 saturated heterocycles. The van der Waals surface area contributed by atoms with Gasteiger partial charge in [0.2, 0.25) is 0 Å². The normalized spacial score (nSPS) is 13.8. The number of nitrogens with zero attached hydrogens (tertiary/aromatic N) is 4. The number of hydrogen-bond acceptors (Lipinski definition) is 4. The minimum absolute atomic E-state index is 0.00702. The van der Waals surface area contributed by atoms with Crippen molar-refractivity contribution in [2.75, 3.05) is 16.5 Å². The van der Waals surface area contributed by atoms with E-state index in [1.165, 1.54) is 87.3 Å². The first-order valence-electron chi connectivity index (χ1n) is 29.6. The van der Waals surface area contributed by atoms with Crippen LogP contribution in [0.1, 0.15) is 79.0 Å². The van der Waals surface area contributed by atoms with Gasteiger partial charge in [0.1, 0.15) is 24.0 Å². The van der Waals surface area contributed by atoms with Crippen molar-refractivity contribution in [3.05, 3.63) is 266 Å². The maximum atomic E-state index is 7.13. The predicted octanol–water partition coefficient (Wildman–Crippen LogP) is 17.8. The third kappa shape index (κ3) is 8.77. The molecule has 0 aliphatic carbocycles. The van der Waals surface area contributed by atoms with E-state index in [9.17, 15) is 0 Å². The molecule has 12 aromatic rings. The molecular formula is C78H70N4OSi. The molecule has 2 aromatic heterocycles. The Kier molecular flexibility index (Phi) is 12.6. The number of benzene rings is 10. The smallest absolute Gasteiger partial charge is 0.181 e. The van der Waals surface area contributed by atoms with Gasteiger partial charge >= 0.3 is 0 Å². The molecular weight excluding hydrogens is 1040 g/mol. The van der Waals surface area contributed by atoms with Gasteiger partial charge < -0.3 is 14.5 Å². The van der Waals surface area contributed by atoms with Gasteiger partial charge in [-0.05, 0) is 131 Å². The highest BCUT2D eigenvalue weighted by Gasteiger charge is 2.50. The molecule has 10 aromatic carbocycles. The molecule has 5 nitrogen and oxygen atoms in total. The first kappa shape index (κ1) is 52.8. The molecule has 0 atom stereocenters. The summed E-state index contributed by atoms with van der Waals surface area (Å²) >= 11 is 0. The summed E-state index contributed by atoms with van der Waals surface area (Å²) in [6.45, 7) is 21.1. The van der Waals surface area contributed by atoms with Gasteiger partial charge in [0.25, 0.3) is 0 Å². The summed E-state index contributed by atoms with van der Waals surface area (Å²) in [6, 6.07) is 90.3. The van der Waals surface area contributed by atoms with Crippen molar-refractivity contribution < 1.29 is 4.74 Å². The van der Waals surface area contributed by atoms with E-state index in [4.69, 9.17) is 9.72 Å². The fraction of sp³-hybridized carbons (Fsp3) is 0.167. The van der Waals surface area contributed by atoms with Crippen LogP contribution in [0.15, 0.2) is 249 Å². The number of anilines is 4. The molecule has 0 fully saturated rings. The van der Waals surface area contributed by atoms with E-state index in [0.29, 0.717) is 6.67 Å². The molecule has 0 saturated carbocycles. The molecule has 412 valence electrons. The standard InChI is InChI=1S/C78H70N4OSi/c1-76(2,3)54-39-37-52(38-40-54)62-32-22-33-63(53-23-20-24-55(47-53)77(4,5)6)74(62)81-51-80(67-34-17-18-35-68(67)81)57-25-21-26-58(49-57)83-59-41-42-66-70(50-59)82(72-48-56(45-46-79-72)78(7,8)9)69-44-43-65-64-31-16-19-36-71(64)84(75(65)73(66)69,60-27-12-10-13-28-60)61-29-14-11-15-30-61/h10-50H,51H2,1-9H3. The second kappa shape index (κ2) is 20.0. The van der Waals surface area contributed by atoms with Crippen LogP contribution in [0.25, 0.3) is 61.0 Å². The second-order valence-electron chi connectivity index (χ2n) is 26.0. The highest BCUT2D eigenvalue weighted by Crippen LogP contribution is 2.51. The molecule has 0 bridgehead atoms. The zero-order valence-corrected chi connectivity index (χ0v) is 50.6. The molecule has 2 aliphatic heterocycles. The Morgan fingerprint density at radius 2 is 1.01 bits per heavy atom. The van der Waals surface area contributed by atoms with Crippen LogP contribution in [0.3, 0.4) is 0 Å². The second-order valence-corrected chi connectivity index (χ2v) is 29.7. The van der Waals surface area contributed by atoms with E-state index in [2.05, 4.69) is 319 Å². The SMILES string of the molecule is CC(C)(C)c1ccc(-c2cccc(-c3cccc(C(C)(C)C)c3)c2N2CN(c3cccc(Oc4ccc5c6c7c(ccc6n(-c6cc(C(C)(C)C)ccn6)c5c4)-c4ccccc4[Si]7(c4ccccc4)c4ccccc4)c3)c3ccccc32)cc1. The largest absolute Gasteiger partial charge is 0.457 e. The monoisotopic (exact) mass is 1110 g/mol. The molecule has 0 radical (unpaired) electrons. The van der Waals surface area contributed by atoms with Crippen molar-refractivity contribution >= 4 is 73.4 Å². The van der Waals surface area contributed by atoms with Crippen molar-refractivity contribution in [3.8, 4) is 50.7 Å². The number of pyridine rings is 1. The van der Waals surface area contributed by atoms with Crippen LogP contribution in [0.4, 0.5) is 22.7 Å². The molecule has 4 heterocycles. The highest BCUT2D eigenvalue weighted by atomic mass is 28.3. The van der Waals surface area contributed by atoms with Crippen LogP contribution in [0.2, 0.25) is 0 Å². The number of ether oxygens (including phenoxy) is 1. The molecule has 84 heavy (non-hydrogen) atoms. The van der Waals surface area contributed by atoms with E-state index < -0.39 is 8.07 Å². The van der Waals surface area contributed by atoms with Gasteiger partial charge in [0, 0.05) is 45.9 Å². The van der Waals surface area contributed by atoms with Gasteiger partial charge in [-0.1, -0.05) is 238 Å². The number of rotatable bonds is 9. The van der Waals surface area contributed by atoms with Crippen LogP contribution in [0, 0.1) is 0 Å². The quantitative estimate of drug-likeness (QED) is 0.135. The lowest BCUT2D eigenvalue weighted by Crippen LogP contribution is -2.72. The van der Waals surface area contributed by atoms with E-state index >= 15 is 0 Å². The van der Waals surface area contributed by atoms with E-state index in [0.717, 1.165) is 45.4 Å². The Bertz CT molecular complexity index is 4460. The number of para-hydroxylation sites is 3. The Labute approximate surface area is 496 Å². The van der Waals surface area contributed by atoms with Crippen molar-refractivity contribution in [3.63, 3.8) is 0 Å². The number of aromatic nitrogens is 2. The minimum atomic E-state index is -2.91. The van der Waals surface area contributed by atoms with Gasteiger partial charge in [-0.3, -0.25) is 4.57 Å². The molecule has 0 N–H and O–H groups in total.